The van der Waals surface area contributed by atoms with E-state index in [0.29, 0.717) is 17.4 Å². The van der Waals surface area contributed by atoms with Gasteiger partial charge in [0.25, 0.3) is 0 Å². The molecule has 2 atom stereocenters. The van der Waals surface area contributed by atoms with Crippen molar-refractivity contribution in [1.82, 2.24) is 0 Å². The lowest BCUT2D eigenvalue weighted by Gasteiger charge is -2.65. The Morgan fingerprint density at radius 3 is 2.21 bits per heavy atom. The second-order valence-corrected chi connectivity index (χ2v) is 12.7. The van der Waals surface area contributed by atoms with Crippen molar-refractivity contribution in [2.24, 2.45) is 16.7 Å². The maximum absolute atomic E-state index is 12.3. The van der Waals surface area contributed by atoms with Gasteiger partial charge in [-0.2, -0.15) is 0 Å². The molecule has 4 aliphatic carbocycles. The molecule has 3 aromatic carbocycles. The van der Waals surface area contributed by atoms with Gasteiger partial charge in [0, 0.05) is 23.1 Å². The van der Waals surface area contributed by atoms with Crippen LogP contribution >= 0.6 is 0 Å². The third-order valence-electron chi connectivity index (χ3n) is 9.02. The summed E-state index contributed by atoms with van der Waals surface area (Å²) in [4.78, 5) is 23.3. The molecule has 0 heterocycles. The second-order valence-electron chi connectivity index (χ2n) is 12.7. The normalized spacial score (nSPS) is 28.7. The van der Waals surface area contributed by atoms with Gasteiger partial charge in [-0.15, -0.1) is 0 Å². The maximum atomic E-state index is 12.3. The van der Waals surface area contributed by atoms with Crippen LogP contribution in [0.25, 0.3) is 0 Å². The van der Waals surface area contributed by atoms with Gasteiger partial charge in [0.15, 0.2) is 0 Å². The Labute approximate surface area is 227 Å². The van der Waals surface area contributed by atoms with Gasteiger partial charge in [0.1, 0.15) is 18.1 Å². The first-order valence-corrected chi connectivity index (χ1v) is 13.6. The summed E-state index contributed by atoms with van der Waals surface area (Å²) in [5, 5.41) is 21.6. The fraction of sp³-hybridized carbons (Fsp3) is 0.406. The molecule has 0 amide bonds. The summed E-state index contributed by atoms with van der Waals surface area (Å²) in [6.45, 7) is 4.94. The minimum atomic E-state index is -1.01. The number of nitro groups is 1. The average Bonchev–Trinajstić information content (AvgIpc) is 2.86. The van der Waals surface area contributed by atoms with E-state index in [1.165, 1.54) is 31.4 Å². The van der Waals surface area contributed by atoms with Crippen molar-refractivity contribution in [3.05, 3.63) is 93.5 Å². The molecule has 7 rings (SSSR count). The van der Waals surface area contributed by atoms with Crippen molar-refractivity contribution in [2.45, 2.75) is 64.4 Å². The molecule has 1 N–H and O–H groups in total. The number of aromatic carboxylic acids is 1. The minimum Gasteiger partial charge on any atom is -0.482 e. The first-order chi connectivity index (χ1) is 18.6. The van der Waals surface area contributed by atoms with Crippen LogP contribution in [0, 0.1) is 26.9 Å². The van der Waals surface area contributed by atoms with Crippen LogP contribution in [0.2, 0.25) is 0 Å². The molecule has 7 heteroatoms. The molecule has 3 aromatic rings. The van der Waals surface area contributed by atoms with E-state index in [2.05, 4.69) is 13.8 Å². The monoisotopic (exact) mass is 527 g/mol. The third kappa shape index (κ3) is 4.75. The highest BCUT2D eigenvalue weighted by molar-refractivity contribution is 5.87. The van der Waals surface area contributed by atoms with Crippen LogP contribution in [0.5, 0.6) is 17.2 Å². The second kappa shape index (κ2) is 9.11. The van der Waals surface area contributed by atoms with Crippen LogP contribution in [-0.2, 0) is 12.0 Å². The van der Waals surface area contributed by atoms with Crippen LogP contribution in [0.3, 0.4) is 0 Å². The van der Waals surface area contributed by atoms with Crippen LogP contribution in [0.1, 0.15) is 73.9 Å². The van der Waals surface area contributed by atoms with Crippen molar-refractivity contribution in [3.8, 4) is 17.2 Å². The zero-order valence-corrected chi connectivity index (χ0v) is 22.3. The number of carboxylic acids is 1. The predicted molar refractivity (Wildman–Crippen MR) is 146 cm³/mol. The summed E-state index contributed by atoms with van der Waals surface area (Å²) in [5.41, 5.74) is 2.06. The Morgan fingerprint density at radius 2 is 1.62 bits per heavy atom. The predicted octanol–water partition coefficient (Wildman–Crippen LogP) is 7.91. The molecule has 0 aliphatic heterocycles. The van der Waals surface area contributed by atoms with Gasteiger partial charge >= 0.3 is 11.7 Å². The Morgan fingerprint density at radius 1 is 0.949 bits per heavy atom. The van der Waals surface area contributed by atoms with Crippen molar-refractivity contribution in [2.75, 3.05) is 0 Å². The van der Waals surface area contributed by atoms with Gasteiger partial charge in [0.2, 0.25) is 5.75 Å². The molecular formula is C32H33NO6. The third-order valence-corrected chi connectivity index (χ3v) is 9.02. The summed E-state index contributed by atoms with van der Waals surface area (Å²) >= 11 is 0. The van der Waals surface area contributed by atoms with Crippen LogP contribution in [0.4, 0.5) is 5.69 Å². The van der Waals surface area contributed by atoms with E-state index in [4.69, 9.17) is 9.47 Å². The zero-order chi connectivity index (χ0) is 27.4. The fourth-order valence-electron chi connectivity index (χ4n) is 8.58. The SMILES string of the molecule is CC12CC3CC(C)(C1)CC(c1cc([N+](=O)[O-])c(OCc4ccccc4)cc1Oc1ccc(C(=O)O)cc1)(C3)C2. The van der Waals surface area contributed by atoms with Gasteiger partial charge < -0.3 is 14.6 Å². The number of carbonyl (C=O) groups is 1. The standard InChI is InChI=1S/C32H33NO6/c1-30-14-22-15-31(2,18-30)20-32(16-22,19-30)25-12-26(33(36)37)28(38-17-21-6-4-3-5-7-21)13-27(25)39-24-10-8-23(9-11-24)29(34)35/h3-13,22H,14-20H2,1-2H3,(H,34,35). The molecule has 4 fully saturated rings. The molecule has 4 saturated carbocycles. The highest BCUT2D eigenvalue weighted by Gasteiger charge is 2.61. The lowest BCUT2D eigenvalue weighted by Crippen LogP contribution is -2.56. The Hall–Kier alpha value is -3.87. The van der Waals surface area contributed by atoms with Crippen LogP contribution in [0.15, 0.2) is 66.7 Å². The van der Waals surface area contributed by atoms with Gasteiger partial charge in [-0.1, -0.05) is 44.2 Å². The number of nitro benzene ring substituents is 1. The van der Waals surface area contributed by atoms with E-state index in [1.807, 2.05) is 30.3 Å². The smallest absolute Gasteiger partial charge is 0.335 e. The Bertz CT molecular complexity index is 1420. The summed E-state index contributed by atoms with van der Waals surface area (Å²) in [6, 6.07) is 19.2. The Balaban J connectivity index is 1.45. The van der Waals surface area contributed by atoms with Crippen LogP contribution < -0.4 is 9.47 Å². The molecular weight excluding hydrogens is 494 g/mol. The number of carboxylic acid groups (broad SMARTS) is 1. The number of hydrogen-bond donors (Lipinski definition) is 1. The fourth-order valence-corrected chi connectivity index (χ4v) is 8.58. The first-order valence-electron chi connectivity index (χ1n) is 13.6. The topological polar surface area (TPSA) is 98.9 Å². The van der Waals surface area contributed by atoms with Gasteiger partial charge in [0.05, 0.1) is 10.5 Å². The molecule has 4 bridgehead atoms. The zero-order valence-electron chi connectivity index (χ0n) is 22.3. The summed E-state index contributed by atoms with van der Waals surface area (Å²) < 4.78 is 12.5. The van der Waals surface area contributed by atoms with E-state index in [1.54, 1.807) is 24.3 Å². The molecule has 2 unspecified atom stereocenters. The van der Waals surface area contributed by atoms with E-state index in [-0.39, 0.29) is 44.8 Å². The van der Waals surface area contributed by atoms with E-state index in [9.17, 15) is 20.0 Å². The molecule has 39 heavy (non-hydrogen) atoms. The van der Waals surface area contributed by atoms with Crippen molar-refractivity contribution >= 4 is 11.7 Å². The summed E-state index contributed by atoms with van der Waals surface area (Å²) in [5.74, 6) is 0.760. The van der Waals surface area contributed by atoms with Crippen molar-refractivity contribution in [3.63, 3.8) is 0 Å². The molecule has 202 valence electrons. The highest BCUT2D eigenvalue weighted by atomic mass is 16.6. The summed E-state index contributed by atoms with van der Waals surface area (Å²) in [7, 11) is 0. The quantitative estimate of drug-likeness (QED) is 0.236. The van der Waals surface area contributed by atoms with Crippen LogP contribution in [-0.4, -0.2) is 16.0 Å². The molecule has 7 nitrogen and oxygen atoms in total. The van der Waals surface area contributed by atoms with E-state index in [0.717, 1.165) is 30.4 Å². The molecule has 0 spiro atoms. The largest absolute Gasteiger partial charge is 0.482 e. The minimum absolute atomic E-state index is 0.0550. The van der Waals surface area contributed by atoms with E-state index >= 15 is 0 Å². The summed E-state index contributed by atoms with van der Waals surface area (Å²) in [6.07, 6.45) is 6.54. The number of benzene rings is 3. The maximum Gasteiger partial charge on any atom is 0.335 e. The van der Waals surface area contributed by atoms with Crippen molar-refractivity contribution < 1.29 is 24.3 Å². The lowest BCUT2D eigenvalue weighted by atomic mass is 9.39. The number of rotatable bonds is 8. The molecule has 0 saturated heterocycles. The molecule has 0 aromatic heterocycles. The number of nitrogens with zero attached hydrogens (tertiary/aromatic N) is 1. The van der Waals surface area contributed by atoms with Crippen molar-refractivity contribution in [1.29, 1.82) is 0 Å². The van der Waals surface area contributed by atoms with Gasteiger partial charge in [-0.25, -0.2) is 4.79 Å². The number of ether oxygens (including phenoxy) is 2. The molecule has 0 radical (unpaired) electrons. The Kier molecular flexibility index (Phi) is 5.93. The average molecular weight is 528 g/mol. The van der Waals surface area contributed by atoms with Gasteiger partial charge in [-0.05, 0) is 85.1 Å². The molecule has 4 aliphatic rings. The van der Waals surface area contributed by atoms with Gasteiger partial charge in [-0.3, -0.25) is 10.1 Å². The number of hydrogen-bond acceptors (Lipinski definition) is 5. The lowest BCUT2D eigenvalue weighted by molar-refractivity contribution is -0.386. The van der Waals surface area contributed by atoms with E-state index < -0.39 is 5.97 Å². The first kappa shape index (κ1) is 25.4. The highest BCUT2D eigenvalue weighted by Crippen LogP contribution is 2.71.